The number of amides is 3. The van der Waals surface area contributed by atoms with Crippen molar-refractivity contribution in [2.75, 3.05) is 26.8 Å². The van der Waals surface area contributed by atoms with Crippen LogP contribution in [0.25, 0.3) is 0 Å². The fourth-order valence-corrected chi connectivity index (χ4v) is 3.79. The Morgan fingerprint density at radius 2 is 1.96 bits per heavy atom. The van der Waals surface area contributed by atoms with Crippen molar-refractivity contribution in [1.29, 1.82) is 0 Å². The Morgan fingerprint density at radius 3 is 2.48 bits per heavy atom. The number of aliphatic hydroxyl groups excluding tert-OH is 1. The van der Waals surface area contributed by atoms with E-state index in [-0.39, 0.29) is 49.8 Å². The first-order valence-corrected chi connectivity index (χ1v) is 9.36. The first-order valence-electron chi connectivity index (χ1n) is 9.36. The summed E-state index contributed by atoms with van der Waals surface area (Å²) in [5.74, 6) is -0.0856. The molecule has 2 fully saturated rings. The molecule has 7 heteroatoms. The van der Waals surface area contributed by atoms with Crippen LogP contribution < -0.4 is 4.74 Å². The fraction of sp³-hybridized carbons (Fsp3) is 0.550. The number of benzene rings is 1. The van der Waals surface area contributed by atoms with Crippen molar-refractivity contribution in [3.05, 3.63) is 29.8 Å². The molecule has 1 unspecified atom stereocenters. The average molecular weight is 374 g/mol. The van der Waals surface area contributed by atoms with E-state index in [2.05, 4.69) is 0 Å². The number of hydrogen-bond acceptors (Lipinski definition) is 5. The van der Waals surface area contributed by atoms with Gasteiger partial charge in [0.2, 0.25) is 17.7 Å². The minimum atomic E-state index is -1.19. The van der Waals surface area contributed by atoms with Crippen molar-refractivity contribution in [2.24, 2.45) is 0 Å². The predicted molar refractivity (Wildman–Crippen MR) is 98.1 cm³/mol. The highest BCUT2D eigenvalue weighted by atomic mass is 16.5. The predicted octanol–water partition coefficient (Wildman–Crippen LogP) is 1.09. The number of carbonyl (C=O) groups is 3. The molecule has 3 rings (SSSR count). The minimum Gasteiger partial charge on any atom is -0.497 e. The van der Waals surface area contributed by atoms with Crippen LogP contribution in [0.4, 0.5) is 0 Å². The van der Waals surface area contributed by atoms with Gasteiger partial charge < -0.3 is 14.7 Å². The van der Waals surface area contributed by atoms with Crippen molar-refractivity contribution >= 4 is 17.7 Å². The van der Waals surface area contributed by atoms with E-state index in [9.17, 15) is 19.5 Å². The quantitative estimate of drug-likeness (QED) is 0.688. The highest BCUT2D eigenvalue weighted by Crippen LogP contribution is 2.44. The summed E-state index contributed by atoms with van der Waals surface area (Å²) in [4.78, 5) is 41.7. The molecule has 0 radical (unpaired) electrons. The van der Waals surface area contributed by atoms with Crippen LogP contribution in [0, 0.1) is 0 Å². The Labute approximate surface area is 158 Å². The number of likely N-dealkylation sites (tertiary alicyclic amines) is 1. The largest absolute Gasteiger partial charge is 0.497 e. The molecule has 3 amide bonds. The van der Waals surface area contributed by atoms with Gasteiger partial charge in [-0.15, -0.1) is 0 Å². The van der Waals surface area contributed by atoms with E-state index in [0.29, 0.717) is 17.9 Å². The van der Waals surface area contributed by atoms with Crippen LogP contribution in [0.15, 0.2) is 24.3 Å². The monoisotopic (exact) mass is 374 g/mol. The van der Waals surface area contributed by atoms with E-state index in [1.54, 1.807) is 31.4 Å². The summed E-state index contributed by atoms with van der Waals surface area (Å²) in [5, 5.41) is 9.20. The van der Waals surface area contributed by atoms with Crippen LogP contribution in [0.1, 0.15) is 38.2 Å². The van der Waals surface area contributed by atoms with Gasteiger partial charge in [0.15, 0.2) is 0 Å². The molecule has 1 heterocycles. The van der Waals surface area contributed by atoms with E-state index >= 15 is 0 Å². The topological polar surface area (TPSA) is 87.2 Å². The van der Waals surface area contributed by atoms with Crippen LogP contribution in [-0.4, -0.2) is 65.5 Å². The zero-order valence-electron chi connectivity index (χ0n) is 15.8. The third-order valence-electron chi connectivity index (χ3n) is 5.46. The van der Waals surface area contributed by atoms with E-state index in [1.807, 2.05) is 6.92 Å². The van der Waals surface area contributed by atoms with Gasteiger partial charge in [0.05, 0.1) is 19.1 Å². The van der Waals surface area contributed by atoms with Crippen LogP contribution in [0.3, 0.4) is 0 Å². The number of carbonyl (C=O) groups excluding carboxylic acids is 3. The molecule has 0 spiro atoms. The Kier molecular flexibility index (Phi) is 5.51. The molecule has 1 saturated carbocycles. The number of nitrogens with zero attached hydrogens (tertiary/aromatic N) is 2. The van der Waals surface area contributed by atoms with Crippen LogP contribution >= 0.6 is 0 Å². The molecule has 146 valence electrons. The Hall–Kier alpha value is -2.41. The molecule has 1 saturated heterocycles. The summed E-state index contributed by atoms with van der Waals surface area (Å²) < 4.78 is 5.19. The van der Waals surface area contributed by atoms with Crippen LogP contribution in [0.2, 0.25) is 0 Å². The smallest absolute Gasteiger partial charge is 0.241 e. The van der Waals surface area contributed by atoms with E-state index in [0.717, 1.165) is 12.8 Å². The molecule has 1 aromatic carbocycles. The lowest BCUT2D eigenvalue weighted by molar-refractivity contribution is -0.143. The molecule has 7 nitrogen and oxygen atoms in total. The first-order chi connectivity index (χ1) is 13.0. The van der Waals surface area contributed by atoms with Gasteiger partial charge >= 0.3 is 0 Å². The van der Waals surface area contributed by atoms with Gasteiger partial charge in [0, 0.05) is 32.0 Å². The molecule has 2 aliphatic rings. The van der Waals surface area contributed by atoms with E-state index in [1.165, 1.54) is 9.80 Å². The van der Waals surface area contributed by atoms with Gasteiger partial charge in [-0.1, -0.05) is 12.1 Å². The summed E-state index contributed by atoms with van der Waals surface area (Å²) in [7, 11) is 1.56. The summed E-state index contributed by atoms with van der Waals surface area (Å²) in [6.45, 7) is 2.33. The Balaban J connectivity index is 1.97. The van der Waals surface area contributed by atoms with Crippen molar-refractivity contribution in [1.82, 2.24) is 9.80 Å². The molecule has 27 heavy (non-hydrogen) atoms. The number of hydrogen-bond donors (Lipinski definition) is 1. The molecule has 0 aromatic heterocycles. The zero-order valence-corrected chi connectivity index (χ0v) is 15.8. The number of methoxy groups -OCH3 is 1. The lowest BCUT2D eigenvalue weighted by Gasteiger charge is -2.30. The summed E-state index contributed by atoms with van der Waals surface area (Å²) in [6, 6.07) is 6.97. The SMILES string of the molecule is CCN(CCO)C(=O)CC1(c2ccc(OC)cc2)CC(=O)N(C2CC2)C1=O. The second kappa shape index (κ2) is 7.68. The number of aliphatic hydroxyl groups is 1. The molecule has 1 atom stereocenters. The van der Waals surface area contributed by atoms with Crippen molar-refractivity contribution in [2.45, 2.75) is 44.1 Å². The minimum absolute atomic E-state index is 0.00290. The van der Waals surface area contributed by atoms with Gasteiger partial charge in [-0.2, -0.15) is 0 Å². The maximum absolute atomic E-state index is 13.3. The number of ether oxygens (including phenoxy) is 1. The zero-order chi connectivity index (χ0) is 19.6. The van der Waals surface area contributed by atoms with Gasteiger partial charge in [0.1, 0.15) is 5.75 Å². The third-order valence-corrected chi connectivity index (χ3v) is 5.46. The fourth-order valence-electron chi connectivity index (χ4n) is 3.79. The lowest BCUT2D eigenvalue weighted by atomic mass is 9.75. The average Bonchev–Trinajstić information content (AvgIpc) is 3.46. The van der Waals surface area contributed by atoms with Crippen molar-refractivity contribution < 1.29 is 24.2 Å². The van der Waals surface area contributed by atoms with Gasteiger partial charge in [-0.3, -0.25) is 19.3 Å². The van der Waals surface area contributed by atoms with Crippen LogP contribution in [0.5, 0.6) is 5.75 Å². The molecule has 1 aliphatic carbocycles. The Morgan fingerprint density at radius 1 is 1.30 bits per heavy atom. The third kappa shape index (κ3) is 3.56. The summed E-state index contributed by atoms with van der Waals surface area (Å²) >= 11 is 0. The number of rotatable bonds is 8. The van der Waals surface area contributed by atoms with Gasteiger partial charge in [0.25, 0.3) is 0 Å². The first kappa shape index (κ1) is 19.4. The number of likely N-dealkylation sites (N-methyl/N-ethyl adjacent to an activating group) is 1. The molecular weight excluding hydrogens is 348 g/mol. The van der Waals surface area contributed by atoms with E-state index < -0.39 is 5.41 Å². The van der Waals surface area contributed by atoms with Crippen molar-refractivity contribution in [3.8, 4) is 5.75 Å². The summed E-state index contributed by atoms with van der Waals surface area (Å²) in [5.41, 5.74) is -0.537. The Bertz CT molecular complexity index is 728. The maximum atomic E-state index is 13.3. The molecule has 1 aliphatic heterocycles. The summed E-state index contributed by atoms with van der Waals surface area (Å²) in [6.07, 6.45) is 1.57. The molecule has 0 bridgehead atoms. The molecule has 1 N–H and O–H groups in total. The van der Waals surface area contributed by atoms with E-state index in [4.69, 9.17) is 4.74 Å². The van der Waals surface area contributed by atoms with Gasteiger partial charge in [-0.25, -0.2) is 0 Å². The second-order valence-corrected chi connectivity index (χ2v) is 7.16. The normalized spacial score (nSPS) is 22.3. The number of imide groups is 1. The molecular formula is C20H26N2O5. The second-order valence-electron chi connectivity index (χ2n) is 7.16. The highest BCUT2D eigenvalue weighted by molar-refractivity contribution is 6.11. The van der Waals surface area contributed by atoms with Gasteiger partial charge in [-0.05, 0) is 37.5 Å². The standard InChI is InChI=1S/C20H26N2O5/c1-3-21(10-11-23)17(24)12-20(14-4-8-16(27-2)9-5-14)13-18(25)22(19(20)26)15-6-7-15/h4-5,8-9,15,23H,3,6-7,10-13H2,1-2H3. The maximum Gasteiger partial charge on any atom is 0.241 e. The van der Waals surface area contributed by atoms with Crippen molar-refractivity contribution in [3.63, 3.8) is 0 Å². The highest BCUT2D eigenvalue weighted by Gasteiger charge is 2.57. The van der Waals surface area contributed by atoms with Crippen LogP contribution in [-0.2, 0) is 19.8 Å². The molecule has 1 aromatic rings. The lowest BCUT2D eigenvalue weighted by Crippen LogP contribution is -2.44.